The summed E-state index contributed by atoms with van der Waals surface area (Å²) in [5, 5.41) is 3.03. The maximum absolute atomic E-state index is 13.2. The molecule has 2 aromatic carbocycles. The highest BCUT2D eigenvalue weighted by Gasteiger charge is 2.20. The molecule has 1 heterocycles. The number of benzene rings is 2. The number of carbonyl (C=O) groups is 1. The number of ether oxygens (including phenoxy) is 2. The van der Waals surface area contributed by atoms with Crippen molar-refractivity contribution in [2.24, 2.45) is 0 Å². The molecule has 6 heteroatoms. The summed E-state index contributed by atoms with van der Waals surface area (Å²) in [6.07, 6.45) is 4.81. The number of carbonyl (C=O) groups excluding carboxylic acids is 1. The Hall–Kier alpha value is -2.73. The van der Waals surface area contributed by atoms with Gasteiger partial charge >= 0.3 is 6.03 Å². The van der Waals surface area contributed by atoms with E-state index in [0.29, 0.717) is 30.6 Å². The van der Waals surface area contributed by atoms with Crippen molar-refractivity contribution in [3.63, 3.8) is 0 Å². The highest BCUT2D eigenvalue weighted by molar-refractivity contribution is 5.91. The number of amides is 2. The van der Waals surface area contributed by atoms with Gasteiger partial charge in [-0.3, -0.25) is 0 Å². The molecule has 1 unspecified atom stereocenters. The van der Waals surface area contributed by atoms with Crippen LogP contribution in [0.5, 0.6) is 11.5 Å². The van der Waals surface area contributed by atoms with E-state index in [9.17, 15) is 4.79 Å². The molecule has 168 valence electrons. The number of likely N-dealkylation sites (tertiary alicyclic amines) is 1. The molecule has 1 N–H and O–H groups in total. The van der Waals surface area contributed by atoms with Crippen molar-refractivity contribution >= 4 is 11.7 Å². The molecule has 2 amide bonds. The van der Waals surface area contributed by atoms with Crippen LogP contribution in [0.4, 0.5) is 10.5 Å². The summed E-state index contributed by atoms with van der Waals surface area (Å²) in [5.41, 5.74) is 1.75. The van der Waals surface area contributed by atoms with Crippen LogP contribution in [0.25, 0.3) is 0 Å². The lowest BCUT2D eigenvalue weighted by molar-refractivity contribution is 0.150. The van der Waals surface area contributed by atoms with Crippen LogP contribution in [0.15, 0.2) is 48.5 Å². The number of rotatable bonds is 9. The Balaban J connectivity index is 1.66. The average molecular weight is 426 g/mol. The van der Waals surface area contributed by atoms with Gasteiger partial charge in [-0.25, -0.2) is 4.79 Å². The quantitative estimate of drug-likeness (QED) is 0.614. The number of para-hydroxylation sites is 2. The van der Waals surface area contributed by atoms with Crippen molar-refractivity contribution in [1.29, 1.82) is 0 Å². The molecule has 31 heavy (non-hydrogen) atoms. The Morgan fingerprint density at radius 3 is 2.58 bits per heavy atom. The van der Waals surface area contributed by atoms with Gasteiger partial charge in [0.05, 0.1) is 19.9 Å². The molecular formula is C25H35N3O3. The Labute approximate surface area is 186 Å². The number of nitrogens with one attached hydrogen (secondary N) is 1. The number of anilines is 1. The molecule has 0 aromatic heterocycles. The molecule has 1 aliphatic heterocycles. The Morgan fingerprint density at radius 1 is 1.10 bits per heavy atom. The molecule has 1 aliphatic rings. The summed E-state index contributed by atoms with van der Waals surface area (Å²) >= 11 is 0. The SMILES string of the molecule is COc1ccc(CN(CCCN2CCCCC2C)C(=O)Nc2ccccc2OC)cc1. The molecule has 1 atom stereocenters. The molecule has 0 aliphatic carbocycles. The molecule has 0 saturated carbocycles. The number of methoxy groups -OCH3 is 2. The fourth-order valence-electron chi connectivity index (χ4n) is 4.10. The average Bonchev–Trinajstić information content (AvgIpc) is 2.80. The summed E-state index contributed by atoms with van der Waals surface area (Å²) < 4.78 is 10.6. The van der Waals surface area contributed by atoms with Crippen LogP contribution in [0, 0.1) is 0 Å². The maximum Gasteiger partial charge on any atom is 0.322 e. The van der Waals surface area contributed by atoms with E-state index in [1.54, 1.807) is 14.2 Å². The van der Waals surface area contributed by atoms with Gasteiger partial charge in [-0.15, -0.1) is 0 Å². The zero-order chi connectivity index (χ0) is 22.1. The summed E-state index contributed by atoms with van der Waals surface area (Å²) in [5.74, 6) is 1.47. The second-order valence-corrected chi connectivity index (χ2v) is 8.13. The van der Waals surface area contributed by atoms with Gasteiger partial charge in [-0.05, 0) is 62.6 Å². The first kappa shape index (κ1) is 22.9. The molecule has 0 bridgehead atoms. The van der Waals surface area contributed by atoms with Crippen molar-refractivity contribution in [3.8, 4) is 11.5 Å². The van der Waals surface area contributed by atoms with Crippen molar-refractivity contribution in [2.45, 2.75) is 45.2 Å². The molecule has 3 rings (SSSR count). The van der Waals surface area contributed by atoms with Gasteiger partial charge in [-0.2, -0.15) is 0 Å². The van der Waals surface area contributed by atoms with Gasteiger partial charge < -0.3 is 24.6 Å². The van der Waals surface area contributed by atoms with Crippen LogP contribution in [0.2, 0.25) is 0 Å². The number of hydrogen-bond acceptors (Lipinski definition) is 4. The van der Waals surface area contributed by atoms with Gasteiger partial charge in [0, 0.05) is 25.7 Å². The first-order valence-corrected chi connectivity index (χ1v) is 11.2. The predicted molar refractivity (Wildman–Crippen MR) is 125 cm³/mol. The number of nitrogens with zero attached hydrogens (tertiary/aromatic N) is 2. The smallest absolute Gasteiger partial charge is 0.322 e. The molecule has 0 spiro atoms. The van der Waals surface area contributed by atoms with Crippen LogP contribution in [0.3, 0.4) is 0 Å². The molecule has 1 saturated heterocycles. The molecule has 6 nitrogen and oxygen atoms in total. The van der Waals surface area contributed by atoms with E-state index < -0.39 is 0 Å². The first-order valence-electron chi connectivity index (χ1n) is 11.2. The third-order valence-corrected chi connectivity index (χ3v) is 5.98. The van der Waals surface area contributed by atoms with Crippen LogP contribution in [-0.4, -0.2) is 55.7 Å². The van der Waals surface area contributed by atoms with E-state index in [-0.39, 0.29) is 6.03 Å². The minimum Gasteiger partial charge on any atom is -0.497 e. The topological polar surface area (TPSA) is 54.0 Å². The monoisotopic (exact) mass is 425 g/mol. The number of piperidine rings is 1. The lowest BCUT2D eigenvalue weighted by Crippen LogP contribution is -2.40. The molecular weight excluding hydrogens is 390 g/mol. The number of hydrogen-bond donors (Lipinski definition) is 1. The predicted octanol–water partition coefficient (Wildman–Crippen LogP) is 5.00. The van der Waals surface area contributed by atoms with Gasteiger partial charge in [0.25, 0.3) is 0 Å². The highest BCUT2D eigenvalue weighted by Crippen LogP contribution is 2.24. The Kier molecular flexibility index (Phi) is 8.59. The van der Waals surface area contributed by atoms with Crippen molar-refractivity contribution in [3.05, 3.63) is 54.1 Å². The minimum absolute atomic E-state index is 0.119. The normalized spacial score (nSPS) is 16.5. The van der Waals surface area contributed by atoms with Gasteiger partial charge in [0.1, 0.15) is 11.5 Å². The van der Waals surface area contributed by atoms with Crippen LogP contribution in [-0.2, 0) is 6.54 Å². The van der Waals surface area contributed by atoms with Crippen molar-refractivity contribution in [2.75, 3.05) is 39.2 Å². The minimum atomic E-state index is -0.119. The molecule has 1 fully saturated rings. The molecule has 2 aromatic rings. The fourth-order valence-corrected chi connectivity index (χ4v) is 4.10. The third kappa shape index (κ3) is 6.62. The Bertz CT molecular complexity index is 825. The van der Waals surface area contributed by atoms with Gasteiger partial charge in [-0.1, -0.05) is 30.7 Å². The van der Waals surface area contributed by atoms with Crippen LogP contribution >= 0.6 is 0 Å². The molecule has 0 radical (unpaired) electrons. The summed E-state index contributed by atoms with van der Waals surface area (Å²) in [6, 6.07) is 15.9. The largest absolute Gasteiger partial charge is 0.497 e. The van der Waals surface area contributed by atoms with E-state index in [0.717, 1.165) is 30.8 Å². The lowest BCUT2D eigenvalue weighted by Gasteiger charge is -2.34. The summed E-state index contributed by atoms with van der Waals surface area (Å²) in [7, 11) is 3.27. The third-order valence-electron chi connectivity index (χ3n) is 5.98. The zero-order valence-corrected chi connectivity index (χ0v) is 19.0. The van der Waals surface area contributed by atoms with Gasteiger partial charge in [0.2, 0.25) is 0 Å². The van der Waals surface area contributed by atoms with Crippen LogP contribution < -0.4 is 14.8 Å². The van der Waals surface area contributed by atoms with Gasteiger partial charge in [0.15, 0.2) is 0 Å². The summed E-state index contributed by atoms with van der Waals surface area (Å²) in [4.78, 5) is 17.6. The van der Waals surface area contributed by atoms with E-state index in [1.165, 1.54) is 19.3 Å². The van der Waals surface area contributed by atoms with E-state index >= 15 is 0 Å². The fraction of sp³-hybridized carbons (Fsp3) is 0.480. The van der Waals surface area contributed by atoms with E-state index in [2.05, 4.69) is 17.1 Å². The second kappa shape index (κ2) is 11.6. The standard InChI is InChI=1S/C25H35N3O3/c1-20-9-6-7-16-27(20)17-8-18-28(19-21-12-14-22(30-2)15-13-21)25(29)26-23-10-4-5-11-24(23)31-3/h4-5,10-15,20H,6-9,16-19H2,1-3H3,(H,26,29). The number of urea groups is 1. The van der Waals surface area contributed by atoms with Crippen LogP contribution in [0.1, 0.15) is 38.2 Å². The van der Waals surface area contributed by atoms with Crippen molar-refractivity contribution < 1.29 is 14.3 Å². The highest BCUT2D eigenvalue weighted by atomic mass is 16.5. The maximum atomic E-state index is 13.2. The first-order chi connectivity index (χ1) is 15.1. The van der Waals surface area contributed by atoms with E-state index in [1.807, 2.05) is 53.4 Å². The Morgan fingerprint density at radius 2 is 1.87 bits per heavy atom. The lowest BCUT2D eigenvalue weighted by atomic mass is 10.0. The second-order valence-electron chi connectivity index (χ2n) is 8.13. The van der Waals surface area contributed by atoms with Crippen molar-refractivity contribution in [1.82, 2.24) is 9.80 Å². The van der Waals surface area contributed by atoms with E-state index in [4.69, 9.17) is 9.47 Å². The zero-order valence-electron chi connectivity index (χ0n) is 19.0. The summed E-state index contributed by atoms with van der Waals surface area (Å²) in [6.45, 7) is 5.72.